The van der Waals surface area contributed by atoms with Gasteiger partial charge in [0, 0.05) is 5.69 Å². The van der Waals surface area contributed by atoms with Crippen LogP contribution in [-0.2, 0) is 15.6 Å². The highest BCUT2D eigenvalue weighted by Gasteiger charge is 2.26. The Bertz CT molecular complexity index is 832. The summed E-state index contributed by atoms with van der Waals surface area (Å²) in [6.45, 7) is 9.94. The molecule has 1 aromatic heterocycles. The molecule has 0 bridgehead atoms. The van der Waals surface area contributed by atoms with Gasteiger partial charge in [-0.15, -0.1) is 0 Å². The molecule has 2 aromatic rings. The van der Waals surface area contributed by atoms with Crippen molar-refractivity contribution in [1.82, 2.24) is 14.5 Å². The first kappa shape index (κ1) is 18.2. The van der Waals surface area contributed by atoms with Gasteiger partial charge in [-0.3, -0.25) is 9.48 Å². The maximum Gasteiger partial charge on any atom is 0.285 e. The van der Waals surface area contributed by atoms with Gasteiger partial charge < -0.3 is 0 Å². The molecule has 0 aliphatic carbocycles. The maximum atomic E-state index is 12.4. The van der Waals surface area contributed by atoms with Crippen LogP contribution in [0, 0.1) is 0 Å². The molecule has 0 radical (unpaired) electrons. The Labute approximate surface area is 142 Å². The highest BCUT2D eigenvalue weighted by molar-refractivity contribution is 7.90. The van der Waals surface area contributed by atoms with Crippen molar-refractivity contribution in [2.45, 2.75) is 51.0 Å². The van der Waals surface area contributed by atoms with Crippen LogP contribution >= 0.6 is 0 Å². The maximum absolute atomic E-state index is 12.4. The minimum Gasteiger partial charge on any atom is -0.266 e. The number of aromatic nitrogens is 2. The first-order valence-electron chi connectivity index (χ1n) is 7.75. The zero-order chi connectivity index (χ0) is 18.1. The Balaban J connectivity index is 2.34. The van der Waals surface area contributed by atoms with Gasteiger partial charge in [-0.25, -0.2) is 13.1 Å². The van der Waals surface area contributed by atoms with E-state index in [1.165, 1.54) is 12.1 Å². The number of nitrogens with one attached hydrogen (secondary N) is 1. The van der Waals surface area contributed by atoms with Crippen molar-refractivity contribution in [3.8, 4) is 0 Å². The molecular formula is C17H23N3O3S. The highest BCUT2D eigenvalue weighted by Crippen LogP contribution is 2.23. The average molecular weight is 349 g/mol. The summed E-state index contributed by atoms with van der Waals surface area (Å²) in [5, 5.41) is 4.32. The molecule has 0 fully saturated rings. The minimum atomic E-state index is -3.92. The van der Waals surface area contributed by atoms with Gasteiger partial charge >= 0.3 is 0 Å². The molecule has 1 heterocycles. The zero-order valence-corrected chi connectivity index (χ0v) is 15.4. The van der Waals surface area contributed by atoms with Crippen molar-refractivity contribution in [3.05, 3.63) is 47.8 Å². The van der Waals surface area contributed by atoms with Gasteiger partial charge in [0.1, 0.15) is 0 Å². The van der Waals surface area contributed by atoms with E-state index in [0.717, 1.165) is 5.69 Å². The first-order chi connectivity index (χ1) is 11.0. The summed E-state index contributed by atoms with van der Waals surface area (Å²) in [6.07, 6.45) is 0. The lowest BCUT2D eigenvalue weighted by atomic mass is 10.1. The molecule has 7 heteroatoms. The Morgan fingerprint density at radius 2 is 1.75 bits per heavy atom. The largest absolute Gasteiger partial charge is 0.285 e. The third kappa shape index (κ3) is 3.84. The second-order valence-electron chi connectivity index (χ2n) is 6.94. The predicted molar refractivity (Wildman–Crippen MR) is 92.4 cm³/mol. The topological polar surface area (TPSA) is 81.1 Å². The Morgan fingerprint density at radius 3 is 2.21 bits per heavy atom. The lowest BCUT2D eigenvalue weighted by Crippen LogP contribution is -2.31. The molecule has 24 heavy (non-hydrogen) atoms. The molecule has 1 amide bonds. The molecule has 1 aromatic carbocycles. The van der Waals surface area contributed by atoms with E-state index >= 15 is 0 Å². The second kappa shape index (κ2) is 6.39. The number of benzene rings is 1. The van der Waals surface area contributed by atoms with Gasteiger partial charge in [-0.05, 0) is 44.9 Å². The lowest BCUT2D eigenvalue weighted by Gasteiger charge is -2.23. The Morgan fingerprint density at radius 1 is 1.17 bits per heavy atom. The molecular weight excluding hydrogens is 326 g/mol. The number of rotatable bonds is 4. The van der Waals surface area contributed by atoms with Crippen LogP contribution in [0.3, 0.4) is 0 Å². The molecule has 1 N–H and O–H groups in total. The van der Waals surface area contributed by atoms with Gasteiger partial charge in [0.25, 0.3) is 15.9 Å². The van der Waals surface area contributed by atoms with Crippen molar-refractivity contribution >= 4 is 15.9 Å². The summed E-state index contributed by atoms with van der Waals surface area (Å²) in [5.74, 6) is -0.576. The third-order valence-corrected chi connectivity index (χ3v) is 4.82. The third-order valence-electron chi connectivity index (χ3n) is 3.48. The van der Waals surface area contributed by atoms with Gasteiger partial charge in [0.05, 0.1) is 10.4 Å². The number of hydrogen-bond donors (Lipinski definition) is 1. The van der Waals surface area contributed by atoms with E-state index < -0.39 is 15.9 Å². The molecule has 0 saturated heterocycles. The fourth-order valence-electron chi connectivity index (χ4n) is 2.29. The van der Waals surface area contributed by atoms with Gasteiger partial charge in [0.15, 0.2) is 5.69 Å². The van der Waals surface area contributed by atoms with Crippen LogP contribution in [0.4, 0.5) is 0 Å². The van der Waals surface area contributed by atoms with Gasteiger partial charge in [-0.1, -0.05) is 32.0 Å². The van der Waals surface area contributed by atoms with Crippen molar-refractivity contribution < 1.29 is 13.2 Å². The van der Waals surface area contributed by atoms with Crippen molar-refractivity contribution in [3.63, 3.8) is 0 Å². The number of amides is 1. The van der Waals surface area contributed by atoms with Crippen LogP contribution in [0.2, 0.25) is 0 Å². The minimum absolute atomic E-state index is 0.0395. The first-order valence-corrected chi connectivity index (χ1v) is 9.23. The molecule has 0 aliphatic heterocycles. The monoisotopic (exact) mass is 349 g/mol. The Hall–Kier alpha value is -2.15. The van der Waals surface area contributed by atoms with Crippen LogP contribution in [0.25, 0.3) is 0 Å². The van der Waals surface area contributed by atoms with E-state index in [-0.39, 0.29) is 22.0 Å². The van der Waals surface area contributed by atoms with Crippen LogP contribution in [-0.4, -0.2) is 24.1 Å². The summed E-state index contributed by atoms with van der Waals surface area (Å²) >= 11 is 0. The number of sulfonamides is 1. The SMILES string of the molecule is CC(C)c1cc(C(=O)NS(=O)(=O)c2ccccc2)nn1C(C)(C)C. The summed E-state index contributed by atoms with van der Waals surface area (Å²) in [5.41, 5.74) is 0.661. The van der Waals surface area contributed by atoms with Crippen LogP contribution in [0.5, 0.6) is 0 Å². The average Bonchev–Trinajstić information content (AvgIpc) is 2.93. The molecule has 6 nitrogen and oxygen atoms in total. The van der Waals surface area contributed by atoms with E-state index in [2.05, 4.69) is 9.82 Å². The van der Waals surface area contributed by atoms with E-state index in [1.807, 2.05) is 34.6 Å². The number of hydrogen-bond acceptors (Lipinski definition) is 4. The normalized spacial score (nSPS) is 12.4. The molecule has 0 unspecified atom stereocenters. The summed E-state index contributed by atoms with van der Waals surface area (Å²) in [6, 6.07) is 9.42. The summed E-state index contributed by atoms with van der Waals surface area (Å²) in [7, 11) is -3.92. The van der Waals surface area contributed by atoms with Crippen LogP contribution < -0.4 is 4.72 Å². The van der Waals surface area contributed by atoms with Crippen molar-refractivity contribution in [1.29, 1.82) is 0 Å². The fourth-order valence-corrected chi connectivity index (χ4v) is 3.27. The second-order valence-corrected chi connectivity index (χ2v) is 8.62. The van der Waals surface area contributed by atoms with Crippen LogP contribution in [0.15, 0.2) is 41.3 Å². The summed E-state index contributed by atoms with van der Waals surface area (Å²) < 4.78 is 28.4. The summed E-state index contributed by atoms with van der Waals surface area (Å²) in [4.78, 5) is 12.4. The lowest BCUT2D eigenvalue weighted by molar-refractivity contribution is 0.0975. The highest BCUT2D eigenvalue weighted by atomic mass is 32.2. The molecule has 0 atom stereocenters. The number of carbonyl (C=O) groups is 1. The standard InChI is InChI=1S/C17H23N3O3S/c1-12(2)15-11-14(18-20(15)17(3,4)5)16(21)19-24(22,23)13-9-7-6-8-10-13/h6-12H,1-5H3,(H,19,21). The molecule has 2 rings (SSSR count). The Kier molecular flexibility index (Phi) is 4.85. The fraction of sp³-hybridized carbons (Fsp3) is 0.412. The molecule has 0 aliphatic rings. The zero-order valence-electron chi connectivity index (χ0n) is 14.6. The van der Waals surface area contributed by atoms with Gasteiger partial charge in [-0.2, -0.15) is 5.10 Å². The van der Waals surface area contributed by atoms with Crippen molar-refractivity contribution in [2.24, 2.45) is 0 Å². The van der Waals surface area contributed by atoms with E-state index in [1.54, 1.807) is 28.9 Å². The van der Waals surface area contributed by atoms with Crippen LogP contribution in [0.1, 0.15) is 56.7 Å². The van der Waals surface area contributed by atoms with E-state index in [4.69, 9.17) is 0 Å². The number of nitrogens with zero attached hydrogens (tertiary/aromatic N) is 2. The van der Waals surface area contributed by atoms with Gasteiger partial charge in [0.2, 0.25) is 0 Å². The quantitative estimate of drug-likeness (QED) is 0.920. The molecule has 0 saturated carbocycles. The van der Waals surface area contributed by atoms with E-state index in [9.17, 15) is 13.2 Å². The van der Waals surface area contributed by atoms with E-state index in [0.29, 0.717) is 0 Å². The van der Waals surface area contributed by atoms with Crippen molar-refractivity contribution in [2.75, 3.05) is 0 Å². The predicted octanol–water partition coefficient (Wildman–Crippen LogP) is 2.88. The number of carbonyl (C=O) groups excluding carboxylic acids is 1. The smallest absolute Gasteiger partial charge is 0.266 e. The molecule has 130 valence electrons. The molecule has 0 spiro atoms.